The predicted molar refractivity (Wildman–Crippen MR) is 64.7 cm³/mol. The van der Waals surface area contributed by atoms with Crippen molar-refractivity contribution >= 4 is 0 Å². The molecule has 2 atom stereocenters. The third-order valence-corrected chi connectivity index (χ3v) is 2.89. The molecular weight excluding hydrogens is 196 g/mol. The van der Waals surface area contributed by atoms with E-state index in [0.717, 1.165) is 12.0 Å². The highest BCUT2D eigenvalue weighted by Crippen LogP contribution is 2.46. The Balaban J connectivity index is 2.05. The van der Waals surface area contributed by atoms with Gasteiger partial charge in [0, 0.05) is 12.2 Å². The van der Waals surface area contributed by atoms with E-state index in [1.54, 1.807) is 6.92 Å². The number of aliphatic hydroxyl groups is 1. The second-order valence-electron chi connectivity index (χ2n) is 4.03. The molecule has 0 aromatic heterocycles. The van der Waals surface area contributed by atoms with Crippen LogP contribution >= 0.6 is 0 Å². The largest absolute Gasteiger partial charge is 0.396 e. The van der Waals surface area contributed by atoms with Crippen LogP contribution in [0.25, 0.3) is 0 Å². The number of aliphatic hydroxyl groups excluding tert-OH is 1. The summed E-state index contributed by atoms with van der Waals surface area (Å²) >= 11 is 0. The molecule has 1 aromatic rings. The summed E-state index contributed by atoms with van der Waals surface area (Å²) in [6.07, 6.45) is 1.11. The molecule has 0 aliphatic heterocycles. The Hall–Kier alpha value is -1.70. The third-order valence-electron chi connectivity index (χ3n) is 2.89. The first-order valence-electron chi connectivity index (χ1n) is 5.48. The Morgan fingerprint density at radius 1 is 1.25 bits per heavy atom. The number of benzene rings is 1. The minimum Gasteiger partial charge on any atom is -0.396 e. The summed E-state index contributed by atoms with van der Waals surface area (Å²) in [5.74, 6) is 12.3. The highest BCUT2D eigenvalue weighted by Gasteiger charge is 2.37. The predicted octanol–water partition coefficient (Wildman–Crippen LogP) is 2.16. The fourth-order valence-corrected chi connectivity index (χ4v) is 1.84. The third kappa shape index (κ3) is 2.45. The van der Waals surface area contributed by atoms with Gasteiger partial charge < -0.3 is 5.11 Å². The second kappa shape index (κ2) is 4.88. The summed E-state index contributed by atoms with van der Waals surface area (Å²) in [6.45, 7) is 2.08. The van der Waals surface area contributed by atoms with Crippen LogP contribution in [0.15, 0.2) is 24.3 Å². The number of hydrogen-bond acceptors (Lipinski definition) is 1. The summed E-state index contributed by atoms with van der Waals surface area (Å²) in [6, 6.07) is 8.24. The van der Waals surface area contributed by atoms with Gasteiger partial charge >= 0.3 is 0 Å². The minimum atomic E-state index is 0.304. The standard InChI is InChI=1S/C15H14O/c1-2-3-4-5-12-6-8-13(9-7-12)15-10-14(15)11-16/h6-9,14-16H,10-11H2,1H3/t14-,15-/m0/s1. The van der Waals surface area contributed by atoms with Gasteiger partial charge in [0.15, 0.2) is 0 Å². The van der Waals surface area contributed by atoms with E-state index in [0.29, 0.717) is 18.4 Å². The van der Waals surface area contributed by atoms with Crippen molar-refractivity contribution in [3.8, 4) is 23.7 Å². The first-order valence-corrected chi connectivity index (χ1v) is 5.48. The number of hydrogen-bond donors (Lipinski definition) is 1. The average Bonchev–Trinajstić information content (AvgIpc) is 3.10. The van der Waals surface area contributed by atoms with Crippen LogP contribution in [0.3, 0.4) is 0 Å². The second-order valence-corrected chi connectivity index (χ2v) is 4.03. The SMILES string of the molecule is CC#CC#Cc1ccc([C@@H]2C[C@H]2CO)cc1. The van der Waals surface area contributed by atoms with E-state index in [-0.39, 0.29) is 0 Å². The fourth-order valence-electron chi connectivity index (χ4n) is 1.84. The van der Waals surface area contributed by atoms with E-state index in [1.165, 1.54) is 5.56 Å². The van der Waals surface area contributed by atoms with Crippen molar-refractivity contribution in [3.05, 3.63) is 35.4 Å². The molecule has 2 rings (SSSR count). The quantitative estimate of drug-likeness (QED) is 0.742. The van der Waals surface area contributed by atoms with E-state index in [4.69, 9.17) is 5.11 Å². The lowest BCUT2D eigenvalue weighted by atomic mass is 10.1. The van der Waals surface area contributed by atoms with Crippen molar-refractivity contribution in [1.29, 1.82) is 0 Å². The highest BCUT2D eigenvalue weighted by atomic mass is 16.3. The van der Waals surface area contributed by atoms with Gasteiger partial charge in [-0.25, -0.2) is 0 Å². The van der Waals surface area contributed by atoms with Crippen molar-refractivity contribution < 1.29 is 5.11 Å². The van der Waals surface area contributed by atoms with E-state index < -0.39 is 0 Å². The van der Waals surface area contributed by atoms with E-state index in [9.17, 15) is 0 Å². The molecule has 1 aliphatic carbocycles. The Morgan fingerprint density at radius 3 is 2.56 bits per heavy atom. The highest BCUT2D eigenvalue weighted by molar-refractivity contribution is 5.42. The molecule has 1 nitrogen and oxygen atoms in total. The van der Waals surface area contributed by atoms with Gasteiger partial charge in [-0.3, -0.25) is 0 Å². The zero-order valence-corrected chi connectivity index (χ0v) is 9.33. The lowest BCUT2D eigenvalue weighted by Gasteiger charge is -1.98. The van der Waals surface area contributed by atoms with Crippen LogP contribution in [0.2, 0.25) is 0 Å². The van der Waals surface area contributed by atoms with E-state index in [2.05, 4.69) is 35.8 Å². The molecule has 0 spiro atoms. The molecule has 0 unspecified atom stereocenters. The van der Waals surface area contributed by atoms with Crippen molar-refractivity contribution in [2.24, 2.45) is 5.92 Å². The molecule has 16 heavy (non-hydrogen) atoms. The molecule has 1 N–H and O–H groups in total. The van der Waals surface area contributed by atoms with Crippen LogP contribution in [-0.4, -0.2) is 11.7 Å². The average molecular weight is 210 g/mol. The zero-order chi connectivity index (χ0) is 11.4. The van der Waals surface area contributed by atoms with Crippen LogP contribution in [-0.2, 0) is 0 Å². The van der Waals surface area contributed by atoms with E-state index in [1.807, 2.05) is 12.1 Å². The summed E-state index contributed by atoms with van der Waals surface area (Å²) < 4.78 is 0. The van der Waals surface area contributed by atoms with E-state index >= 15 is 0 Å². The molecule has 1 aliphatic rings. The van der Waals surface area contributed by atoms with Crippen molar-refractivity contribution in [2.75, 3.05) is 6.61 Å². The normalized spacial score (nSPS) is 21.4. The molecule has 1 aromatic carbocycles. The van der Waals surface area contributed by atoms with Crippen molar-refractivity contribution in [2.45, 2.75) is 19.3 Å². The van der Waals surface area contributed by atoms with Crippen molar-refractivity contribution in [1.82, 2.24) is 0 Å². The Morgan fingerprint density at radius 2 is 2.00 bits per heavy atom. The van der Waals surface area contributed by atoms with Crippen LogP contribution in [0.4, 0.5) is 0 Å². The molecular formula is C15H14O. The van der Waals surface area contributed by atoms with Gasteiger partial charge in [-0.15, -0.1) is 0 Å². The molecule has 0 bridgehead atoms. The topological polar surface area (TPSA) is 20.2 Å². The maximum Gasteiger partial charge on any atom is 0.0465 e. The first kappa shape index (κ1) is 10.8. The van der Waals surface area contributed by atoms with Crippen molar-refractivity contribution in [3.63, 3.8) is 0 Å². The maximum absolute atomic E-state index is 9.00. The summed E-state index contributed by atoms with van der Waals surface area (Å²) in [7, 11) is 0. The fraction of sp³-hybridized carbons (Fsp3) is 0.333. The van der Waals surface area contributed by atoms with Gasteiger partial charge in [-0.2, -0.15) is 0 Å². The number of rotatable bonds is 2. The molecule has 1 saturated carbocycles. The smallest absolute Gasteiger partial charge is 0.0465 e. The Bertz CT molecular complexity index is 476. The molecule has 0 amide bonds. The van der Waals surface area contributed by atoms with Crippen LogP contribution < -0.4 is 0 Å². The van der Waals surface area contributed by atoms with Crippen LogP contribution in [0.5, 0.6) is 0 Å². The van der Waals surface area contributed by atoms with Gasteiger partial charge in [0.05, 0.1) is 0 Å². The molecule has 0 heterocycles. The molecule has 1 fully saturated rings. The molecule has 1 heteroatoms. The first-order chi connectivity index (χ1) is 7.85. The van der Waals surface area contributed by atoms with Gasteiger partial charge in [0.25, 0.3) is 0 Å². The van der Waals surface area contributed by atoms with Gasteiger partial charge in [-0.1, -0.05) is 24.0 Å². The minimum absolute atomic E-state index is 0.304. The van der Waals surface area contributed by atoms with Crippen LogP contribution in [0, 0.1) is 29.6 Å². The Labute approximate surface area is 96.5 Å². The monoisotopic (exact) mass is 210 g/mol. The lowest BCUT2D eigenvalue weighted by Crippen LogP contribution is -1.88. The summed E-state index contributed by atoms with van der Waals surface area (Å²) in [5.41, 5.74) is 2.30. The van der Waals surface area contributed by atoms with Gasteiger partial charge in [0.2, 0.25) is 0 Å². The molecule has 0 saturated heterocycles. The molecule has 0 radical (unpaired) electrons. The molecule has 80 valence electrons. The van der Waals surface area contributed by atoms with Gasteiger partial charge in [0.1, 0.15) is 0 Å². The van der Waals surface area contributed by atoms with Crippen LogP contribution in [0.1, 0.15) is 30.4 Å². The lowest BCUT2D eigenvalue weighted by molar-refractivity contribution is 0.274. The zero-order valence-electron chi connectivity index (χ0n) is 9.33. The maximum atomic E-state index is 9.00. The summed E-state index contributed by atoms with van der Waals surface area (Å²) in [5, 5.41) is 9.00. The summed E-state index contributed by atoms with van der Waals surface area (Å²) in [4.78, 5) is 0. The Kier molecular flexibility index (Phi) is 3.30. The van der Waals surface area contributed by atoms with Gasteiger partial charge in [-0.05, 0) is 54.7 Å².